The van der Waals surface area contributed by atoms with E-state index in [1.54, 1.807) is 6.33 Å². The second-order valence-corrected chi connectivity index (χ2v) is 4.37. The normalized spacial score (nSPS) is 13.8. The number of rotatable bonds is 4. The van der Waals surface area contributed by atoms with Crippen molar-refractivity contribution in [1.29, 1.82) is 0 Å². The van der Waals surface area contributed by atoms with Gasteiger partial charge in [0.2, 0.25) is 0 Å². The zero-order valence-corrected chi connectivity index (χ0v) is 10.5. The summed E-state index contributed by atoms with van der Waals surface area (Å²) in [5.74, 6) is 2.67. The highest BCUT2D eigenvalue weighted by atomic mass is 15.1. The van der Waals surface area contributed by atoms with Crippen molar-refractivity contribution in [3.05, 3.63) is 54.1 Å². The van der Waals surface area contributed by atoms with E-state index in [1.165, 1.54) is 0 Å². The Balaban J connectivity index is 2.30. The number of imidazole rings is 1. The maximum atomic E-state index is 6.28. The van der Waals surface area contributed by atoms with Gasteiger partial charge in [0.25, 0.3) is 0 Å². The summed E-state index contributed by atoms with van der Waals surface area (Å²) in [6, 6.07) is 10.0. The van der Waals surface area contributed by atoms with E-state index in [1.807, 2.05) is 36.5 Å². The van der Waals surface area contributed by atoms with Gasteiger partial charge in [-0.1, -0.05) is 30.3 Å². The number of hydrogen-bond acceptors (Lipinski definition) is 2. The van der Waals surface area contributed by atoms with E-state index < -0.39 is 0 Å². The highest BCUT2D eigenvalue weighted by Gasteiger charge is 2.16. The maximum Gasteiger partial charge on any atom is 0.0951 e. The number of nitrogens with zero attached hydrogens (tertiary/aromatic N) is 2. The molecule has 2 aromatic rings. The SMILES string of the molecule is C#CCC(C)n1cncc1C(N)c1ccccc1. The van der Waals surface area contributed by atoms with Crippen molar-refractivity contribution in [2.24, 2.45) is 5.73 Å². The van der Waals surface area contributed by atoms with Crippen LogP contribution in [-0.4, -0.2) is 9.55 Å². The Hall–Kier alpha value is -2.05. The van der Waals surface area contributed by atoms with Crippen LogP contribution in [0.2, 0.25) is 0 Å². The lowest BCUT2D eigenvalue weighted by Crippen LogP contribution is -2.18. The Morgan fingerprint density at radius 1 is 1.39 bits per heavy atom. The smallest absolute Gasteiger partial charge is 0.0951 e. The van der Waals surface area contributed by atoms with Crippen molar-refractivity contribution in [2.75, 3.05) is 0 Å². The van der Waals surface area contributed by atoms with Crippen molar-refractivity contribution in [3.8, 4) is 12.3 Å². The number of nitrogens with two attached hydrogens (primary N) is 1. The fraction of sp³-hybridized carbons (Fsp3) is 0.267. The van der Waals surface area contributed by atoms with Gasteiger partial charge in [-0.05, 0) is 12.5 Å². The molecular weight excluding hydrogens is 222 g/mol. The number of terminal acetylenes is 1. The first kappa shape index (κ1) is 12.4. The second kappa shape index (κ2) is 5.52. The van der Waals surface area contributed by atoms with E-state index in [9.17, 15) is 0 Å². The first-order valence-corrected chi connectivity index (χ1v) is 5.99. The molecule has 2 unspecified atom stereocenters. The zero-order valence-electron chi connectivity index (χ0n) is 10.5. The van der Waals surface area contributed by atoms with Crippen LogP contribution in [0.1, 0.15) is 36.7 Å². The molecular formula is C15H17N3. The van der Waals surface area contributed by atoms with Crippen LogP contribution in [-0.2, 0) is 0 Å². The van der Waals surface area contributed by atoms with Gasteiger partial charge < -0.3 is 10.3 Å². The van der Waals surface area contributed by atoms with Crippen LogP contribution < -0.4 is 5.73 Å². The molecule has 0 aliphatic rings. The Bertz CT molecular complexity index is 536. The lowest BCUT2D eigenvalue weighted by atomic mass is 10.0. The molecule has 2 N–H and O–H groups in total. The fourth-order valence-electron chi connectivity index (χ4n) is 2.02. The average Bonchev–Trinajstić information content (AvgIpc) is 2.88. The Morgan fingerprint density at radius 2 is 2.11 bits per heavy atom. The van der Waals surface area contributed by atoms with Crippen LogP contribution in [0.4, 0.5) is 0 Å². The van der Waals surface area contributed by atoms with Crippen molar-refractivity contribution in [3.63, 3.8) is 0 Å². The highest BCUT2D eigenvalue weighted by Crippen LogP contribution is 2.22. The van der Waals surface area contributed by atoms with Crippen LogP contribution in [0, 0.1) is 12.3 Å². The third kappa shape index (κ3) is 2.44. The second-order valence-electron chi connectivity index (χ2n) is 4.37. The molecule has 0 amide bonds. The average molecular weight is 239 g/mol. The van der Waals surface area contributed by atoms with Gasteiger partial charge in [0, 0.05) is 12.5 Å². The molecule has 2 atom stereocenters. The molecule has 0 spiro atoms. The number of aromatic nitrogens is 2. The quantitative estimate of drug-likeness (QED) is 0.833. The van der Waals surface area contributed by atoms with Gasteiger partial charge in [0.15, 0.2) is 0 Å². The van der Waals surface area contributed by atoms with Crippen LogP contribution in [0.5, 0.6) is 0 Å². The lowest BCUT2D eigenvalue weighted by Gasteiger charge is -2.18. The van der Waals surface area contributed by atoms with Gasteiger partial charge in [0.05, 0.1) is 24.3 Å². The van der Waals surface area contributed by atoms with E-state index in [0.717, 1.165) is 11.3 Å². The minimum Gasteiger partial charge on any atom is -0.329 e. The molecule has 1 aromatic carbocycles. The monoisotopic (exact) mass is 239 g/mol. The molecule has 1 heterocycles. The minimum atomic E-state index is -0.172. The molecule has 2 rings (SSSR count). The van der Waals surface area contributed by atoms with Crippen molar-refractivity contribution < 1.29 is 0 Å². The van der Waals surface area contributed by atoms with Crippen LogP contribution in [0.15, 0.2) is 42.9 Å². The maximum absolute atomic E-state index is 6.28. The van der Waals surface area contributed by atoms with Crippen molar-refractivity contribution in [2.45, 2.75) is 25.4 Å². The standard InChI is InChI=1S/C15H17N3/c1-3-7-12(2)18-11-17-10-14(18)15(16)13-8-5-4-6-9-13/h1,4-6,8-12,15H,7,16H2,2H3. The van der Waals surface area contributed by atoms with Crippen LogP contribution in [0.25, 0.3) is 0 Å². The molecule has 18 heavy (non-hydrogen) atoms. The Kier molecular flexibility index (Phi) is 3.81. The first-order valence-electron chi connectivity index (χ1n) is 5.99. The third-order valence-corrected chi connectivity index (χ3v) is 3.06. The first-order chi connectivity index (χ1) is 8.74. The minimum absolute atomic E-state index is 0.172. The molecule has 92 valence electrons. The van der Waals surface area contributed by atoms with E-state index >= 15 is 0 Å². The summed E-state index contributed by atoms with van der Waals surface area (Å²) in [6.45, 7) is 2.07. The summed E-state index contributed by atoms with van der Waals surface area (Å²) in [4.78, 5) is 4.19. The molecule has 3 heteroatoms. The van der Waals surface area contributed by atoms with E-state index in [0.29, 0.717) is 6.42 Å². The van der Waals surface area contributed by atoms with Gasteiger partial charge in [0.1, 0.15) is 0 Å². The zero-order chi connectivity index (χ0) is 13.0. The van der Waals surface area contributed by atoms with Gasteiger partial charge in [-0.25, -0.2) is 4.98 Å². The van der Waals surface area contributed by atoms with E-state index in [2.05, 4.69) is 22.4 Å². The predicted molar refractivity (Wildman–Crippen MR) is 72.9 cm³/mol. The summed E-state index contributed by atoms with van der Waals surface area (Å²) in [7, 11) is 0. The summed E-state index contributed by atoms with van der Waals surface area (Å²) >= 11 is 0. The molecule has 1 aromatic heterocycles. The number of benzene rings is 1. The summed E-state index contributed by atoms with van der Waals surface area (Å²) < 4.78 is 2.05. The van der Waals surface area contributed by atoms with Gasteiger partial charge in [-0.15, -0.1) is 12.3 Å². The molecule has 0 fully saturated rings. The summed E-state index contributed by atoms with van der Waals surface area (Å²) in [5.41, 5.74) is 8.35. The largest absolute Gasteiger partial charge is 0.329 e. The van der Waals surface area contributed by atoms with Crippen molar-refractivity contribution >= 4 is 0 Å². The summed E-state index contributed by atoms with van der Waals surface area (Å²) in [5, 5.41) is 0. The van der Waals surface area contributed by atoms with E-state index in [4.69, 9.17) is 12.2 Å². The Morgan fingerprint density at radius 3 is 2.78 bits per heavy atom. The molecule has 0 saturated carbocycles. The molecule has 0 aliphatic carbocycles. The molecule has 3 nitrogen and oxygen atoms in total. The lowest BCUT2D eigenvalue weighted by molar-refractivity contribution is 0.529. The van der Waals surface area contributed by atoms with E-state index in [-0.39, 0.29) is 12.1 Å². The predicted octanol–water partition coefficient (Wildman–Crippen LogP) is 2.52. The Labute approximate surface area is 108 Å². The van der Waals surface area contributed by atoms with Crippen molar-refractivity contribution in [1.82, 2.24) is 9.55 Å². The third-order valence-electron chi connectivity index (χ3n) is 3.06. The van der Waals surface area contributed by atoms with Crippen LogP contribution in [0.3, 0.4) is 0 Å². The van der Waals surface area contributed by atoms with Gasteiger partial charge >= 0.3 is 0 Å². The van der Waals surface area contributed by atoms with Crippen LogP contribution >= 0.6 is 0 Å². The number of hydrogen-bond donors (Lipinski definition) is 1. The molecule has 0 radical (unpaired) electrons. The highest BCUT2D eigenvalue weighted by molar-refractivity contribution is 5.26. The molecule has 0 saturated heterocycles. The summed E-state index contributed by atoms with van der Waals surface area (Å²) in [6.07, 6.45) is 9.63. The molecule has 0 aliphatic heterocycles. The topological polar surface area (TPSA) is 43.8 Å². The van der Waals surface area contributed by atoms with Gasteiger partial charge in [-0.3, -0.25) is 0 Å². The fourth-order valence-corrected chi connectivity index (χ4v) is 2.02. The van der Waals surface area contributed by atoms with Gasteiger partial charge in [-0.2, -0.15) is 0 Å². The molecule has 0 bridgehead atoms.